The maximum absolute atomic E-state index is 12.2. The molecule has 0 atom stereocenters. The number of hydrogen-bond acceptors (Lipinski definition) is 5. The number of esters is 1. The van der Waals surface area contributed by atoms with Crippen molar-refractivity contribution in [3.05, 3.63) is 71.2 Å². The van der Waals surface area contributed by atoms with Gasteiger partial charge in [-0.3, -0.25) is 9.59 Å². The highest BCUT2D eigenvalue weighted by atomic mass is 16.5. The molecule has 27 heavy (non-hydrogen) atoms. The lowest BCUT2D eigenvalue weighted by molar-refractivity contribution is -0.119. The SMILES string of the molecule is CC(=O)NCc1ccc(C(=O)COC(=O)c2cn3c(C)cccc3n2)cc1. The molecule has 3 rings (SSSR count). The molecular weight excluding hydrogens is 346 g/mol. The first-order valence-electron chi connectivity index (χ1n) is 8.42. The van der Waals surface area contributed by atoms with E-state index in [1.54, 1.807) is 40.9 Å². The van der Waals surface area contributed by atoms with E-state index in [9.17, 15) is 14.4 Å². The zero-order chi connectivity index (χ0) is 19.4. The summed E-state index contributed by atoms with van der Waals surface area (Å²) in [5.41, 5.74) is 3.04. The van der Waals surface area contributed by atoms with Gasteiger partial charge in [0.2, 0.25) is 5.91 Å². The van der Waals surface area contributed by atoms with Gasteiger partial charge in [-0.2, -0.15) is 0 Å². The molecule has 3 aromatic rings. The third-order valence-electron chi connectivity index (χ3n) is 4.06. The smallest absolute Gasteiger partial charge is 0.359 e. The summed E-state index contributed by atoms with van der Waals surface area (Å²) in [6.45, 7) is 3.38. The van der Waals surface area contributed by atoms with Crippen molar-refractivity contribution in [2.24, 2.45) is 0 Å². The number of ketones is 1. The Bertz CT molecular complexity index is 1010. The molecule has 2 aromatic heterocycles. The van der Waals surface area contributed by atoms with E-state index in [2.05, 4.69) is 10.3 Å². The van der Waals surface area contributed by atoms with Gasteiger partial charge in [0.1, 0.15) is 5.65 Å². The zero-order valence-corrected chi connectivity index (χ0v) is 15.1. The number of rotatable bonds is 6. The second-order valence-corrected chi connectivity index (χ2v) is 6.13. The van der Waals surface area contributed by atoms with Crippen LogP contribution in [0.4, 0.5) is 0 Å². The second kappa shape index (κ2) is 7.82. The van der Waals surface area contributed by atoms with Crippen LogP contribution in [-0.2, 0) is 16.1 Å². The fraction of sp³-hybridized carbons (Fsp3) is 0.200. The molecule has 138 valence electrons. The number of aromatic nitrogens is 2. The molecule has 1 N–H and O–H groups in total. The van der Waals surface area contributed by atoms with Crippen LogP contribution in [0, 0.1) is 6.92 Å². The minimum absolute atomic E-state index is 0.121. The lowest BCUT2D eigenvalue weighted by Crippen LogP contribution is -2.19. The predicted octanol–water partition coefficient (Wildman–Crippen LogP) is 2.32. The molecule has 0 aliphatic carbocycles. The maximum atomic E-state index is 12.2. The van der Waals surface area contributed by atoms with E-state index in [-0.39, 0.29) is 24.0 Å². The lowest BCUT2D eigenvalue weighted by Gasteiger charge is -2.05. The number of aryl methyl sites for hydroxylation is 1. The van der Waals surface area contributed by atoms with E-state index in [0.717, 1.165) is 11.3 Å². The molecule has 0 unspecified atom stereocenters. The minimum atomic E-state index is -0.645. The number of nitrogens with zero attached hydrogens (tertiary/aromatic N) is 2. The van der Waals surface area contributed by atoms with Crippen molar-refractivity contribution in [1.29, 1.82) is 0 Å². The van der Waals surface area contributed by atoms with Gasteiger partial charge in [0, 0.05) is 30.9 Å². The molecule has 0 fully saturated rings. The highest BCUT2D eigenvalue weighted by Crippen LogP contribution is 2.10. The maximum Gasteiger partial charge on any atom is 0.359 e. The van der Waals surface area contributed by atoms with Crippen molar-refractivity contribution in [2.75, 3.05) is 6.61 Å². The number of carbonyl (C=O) groups excluding carboxylic acids is 3. The number of nitrogens with one attached hydrogen (secondary N) is 1. The van der Waals surface area contributed by atoms with E-state index in [0.29, 0.717) is 17.8 Å². The fourth-order valence-electron chi connectivity index (χ4n) is 2.57. The van der Waals surface area contributed by atoms with Crippen LogP contribution in [0.5, 0.6) is 0 Å². The Kier molecular flexibility index (Phi) is 5.30. The molecule has 0 saturated heterocycles. The summed E-state index contributed by atoms with van der Waals surface area (Å²) in [6.07, 6.45) is 1.59. The molecule has 0 aliphatic heterocycles. The Morgan fingerprint density at radius 2 is 1.85 bits per heavy atom. The van der Waals surface area contributed by atoms with Crippen LogP contribution < -0.4 is 5.32 Å². The largest absolute Gasteiger partial charge is 0.453 e. The Balaban J connectivity index is 1.60. The van der Waals surface area contributed by atoms with Crippen molar-refractivity contribution in [2.45, 2.75) is 20.4 Å². The van der Waals surface area contributed by atoms with Crippen LogP contribution in [0.2, 0.25) is 0 Å². The molecule has 0 spiro atoms. The molecule has 1 amide bonds. The normalized spacial score (nSPS) is 10.6. The van der Waals surface area contributed by atoms with Gasteiger partial charge >= 0.3 is 5.97 Å². The third kappa shape index (κ3) is 4.38. The monoisotopic (exact) mass is 365 g/mol. The van der Waals surface area contributed by atoms with Crippen molar-refractivity contribution in [3.8, 4) is 0 Å². The van der Waals surface area contributed by atoms with Crippen LogP contribution in [0.25, 0.3) is 5.65 Å². The molecule has 7 nitrogen and oxygen atoms in total. The molecule has 2 heterocycles. The number of imidazole rings is 1. The molecule has 7 heteroatoms. The molecule has 1 aromatic carbocycles. The number of hydrogen-bond donors (Lipinski definition) is 1. The van der Waals surface area contributed by atoms with Crippen molar-refractivity contribution < 1.29 is 19.1 Å². The van der Waals surface area contributed by atoms with Gasteiger partial charge in [0.05, 0.1) is 0 Å². The summed E-state index contributed by atoms with van der Waals surface area (Å²) in [4.78, 5) is 39.5. The van der Waals surface area contributed by atoms with Crippen LogP contribution in [0.1, 0.15) is 39.0 Å². The number of benzene rings is 1. The highest BCUT2D eigenvalue weighted by Gasteiger charge is 2.15. The van der Waals surface area contributed by atoms with Crippen molar-refractivity contribution >= 4 is 23.3 Å². The van der Waals surface area contributed by atoms with Gasteiger partial charge in [-0.1, -0.05) is 30.3 Å². The third-order valence-corrected chi connectivity index (χ3v) is 4.06. The number of Topliss-reactive ketones (excluding diaryl/α,β-unsaturated/α-hetero) is 1. The number of pyridine rings is 1. The Hall–Kier alpha value is -3.48. The Labute approximate surface area is 156 Å². The average molecular weight is 365 g/mol. The molecular formula is C20H19N3O4. The number of carbonyl (C=O) groups is 3. The van der Waals surface area contributed by atoms with Crippen LogP contribution in [0.15, 0.2) is 48.7 Å². The van der Waals surface area contributed by atoms with Crippen molar-refractivity contribution in [3.63, 3.8) is 0 Å². The van der Waals surface area contributed by atoms with Gasteiger partial charge in [-0.15, -0.1) is 0 Å². The minimum Gasteiger partial charge on any atom is -0.453 e. The van der Waals surface area contributed by atoms with Crippen LogP contribution in [0.3, 0.4) is 0 Å². The van der Waals surface area contributed by atoms with Crippen molar-refractivity contribution in [1.82, 2.24) is 14.7 Å². The van der Waals surface area contributed by atoms with Crippen LogP contribution in [-0.4, -0.2) is 33.7 Å². The summed E-state index contributed by atoms with van der Waals surface area (Å²) < 4.78 is 6.89. The van der Waals surface area contributed by atoms with E-state index in [1.807, 2.05) is 19.1 Å². The number of ether oxygens (including phenoxy) is 1. The summed E-state index contributed by atoms with van der Waals surface area (Å²) in [6, 6.07) is 12.3. The molecule has 0 saturated carbocycles. The van der Waals surface area contributed by atoms with Gasteiger partial charge in [0.15, 0.2) is 18.1 Å². The first kappa shape index (κ1) is 18.3. The number of amides is 1. The number of fused-ring (bicyclic) bond motifs is 1. The lowest BCUT2D eigenvalue weighted by atomic mass is 10.1. The summed E-state index contributed by atoms with van der Waals surface area (Å²) in [5, 5.41) is 2.68. The Morgan fingerprint density at radius 1 is 1.11 bits per heavy atom. The molecule has 0 radical (unpaired) electrons. The molecule has 0 aliphatic rings. The first-order chi connectivity index (χ1) is 12.9. The van der Waals surface area contributed by atoms with E-state index in [1.165, 1.54) is 6.92 Å². The summed E-state index contributed by atoms with van der Waals surface area (Å²) >= 11 is 0. The standard InChI is InChI=1S/C20H19N3O4/c1-13-4-3-5-19-22-17(11-23(13)19)20(26)27-12-18(25)16-8-6-15(7-9-16)10-21-14(2)24/h3-9,11H,10,12H2,1-2H3,(H,21,24). The van der Waals surface area contributed by atoms with Gasteiger partial charge in [0.25, 0.3) is 0 Å². The van der Waals surface area contributed by atoms with Gasteiger partial charge in [-0.05, 0) is 24.6 Å². The highest BCUT2D eigenvalue weighted by molar-refractivity contribution is 5.99. The zero-order valence-electron chi connectivity index (χ0n) is 15.1. The fourth-order valence-corrected chi connectivity index (χ4v) is 2.57. The van der Waals surface area contributed by atoms with E-state index >= 15 is 0 Å². The van der Waals surface area contributed by atoms with Gasteiger partial charge < -0.3 is 14.5 Å². The topological polar surface area (TPSA) is 89.8 Å². The predicted molar refractivity (Wildman–Crippen MR) is 98.5 cm³/mol. The van der Waals surface area contributed by atoms with E-state index < -0.39 is 5.97 Å². The average Bonchev–Trinajstić information content (AvgIpc) is 3.10. The quantitative estimate of drug-likeness (QED) is 0.535. The Morgan fingerprint density at radius 3 is 2.52 bits per heavy atom. The van der Waals surface area contributed by atoms with E-state index in [4.69, 9.17) is 4.74 Å². The second-order valence-electron chi connectivity index (χ2n) is 6.13. The van der Waals surface area contributed by atoms with Crippen LogP contribution >= 0.6 is 0 Å². The first-order valence-corrected chi connectivity index (χ1v) is 8.42. The summed E-state index contributed by atoms with van der Waals surface area (Å²) in [5.74, 6) is -1.08. The van der Waals surface area contributed by atoms with Gasteiger partial charge in [-0.25, -0.2) is 9.78 Å². The summed E-state index contributed by atoms with van der Waals surface area (Å²) in [7, 11) is 0. The molecule has 0 bridgehead atoms.